The van der Waals surface area contributed by atoms with Gasteiger partial charge in [-0.3, -0.25) is 4.79 Å². The molecule has 0 atom stereocenters. The standard InChI is InChI=1S/C21H34N4O3.HI/c1-25(2)20(26)15-23-21(24-18-7-5-4-6-8-18)22-13-14-28-16-17-9-11-19(27-3)12-10-17;/h9-12,18H,4-8,13-16H2,1-3H3,(H2,22,23,24);1H. The van der Waals surface area contributed by atoms with Crippen molar-refractivity contribution in [3.8, 4) is 5.75 Å². The molecule has 1 aliphatic rings. The van der Waals surface area contributed by atoms with Crippen LogP contribution in [0.15, 0.2) is 29.3 Å². The van der Waals surface area contributed by atoms with E-state index in [-0.39, 0.29) is 36.4 Å². The van der Waals surface area contributed by atoms with Crippen LogP contribution >= 0.6 is 24.0 Å². The van der Waals surface area contributed by atoms with Gasteiger partial charge < -0.3 is 25.0 Å². The summed E-state index contributed by atoms with van der Waals surface area (Å²) in [5, 5.41) is 6.76. The molecule has 1 aliphatic carbocycles. The minimum Gasteiger partial charge on any atom is -0.497 e. The van der Waals surface area contributed by atoms with Crippen LogP contribution in [0, 0.1) is 0 Å². The van der Waals surface area contributed by atoms with Crippen LogP contribution in [0.5, 0.6) is 5.75 Å². The number of halogens is 1. The Morgan fingerprint density at radius 1 is 1.17 bits per heavy atom. The molecule has 1 aromatic carbocycles. The fourth-order valence-corrected chi connectivity index (χ4v) is 3.03. The SMILES string of the molecule is COc1ccc(COCCNC(=NCC(=O)N(C)C)NC2CCCCC2)cc1.I. The van der Waals surface area contributed by atoms with Crippen LogP contribution in [-0.4, -0.2) is 63.7 Å². The summed E-state index contributed by atoms with van der Waals surface area (Å²) in [5.74, 6) is 1.52. The van der Waals surface area contributed by atoms with Crippen molar-refractivity contribution in [3.05, 3.63) is 29.8 Å². The Labute approximate surface area is 191 Å². The van der Waals surface area contributed by atoms with Crippen LogP contribution in [0.2, 0.25) is 0 Å². The molecule has 1 aromatic rings. The quantitative estimate of drug-likeness (QED) is 0.228. The van der Waals surface area contributed by atoms with Gasteiger partial charge in [0.25, 0.3) is 0 Å². The molecule has 2 rings (SSSR count). The lowest BCUT2D eigenvalue weighted by atomic mass is 9.96. The number of carbonyl (C=O) groups is 1. The molecule has 0 saturated heterocycles. The fraction of sp³-hybridized carbons (Fsp3) is 0.619. The van der Waals surface area contributed by atoms with Crippen molar-refractivity contribution in [1.29, 1.82) is 0 Å². The number of hydrogen-bond acceptors (Lipinski definition) is 4. The van der Waals surface area contributed by atoms with E-state index in [4.69, 9.17) is 9.47 Å². The lowest BCUT2D eigenvalue weighted by molar-refractivity contribution is -0.127. The van der Waals surface area contributed by atoms with Gasteiger partial charge in [-0.05, 0) is 30.5 Å². The van der Waals surface area contributed by atoms with Gasteiger partial charge in [0.2, 0.25) is 5.91 Å². The van der Waals surface area contributed by atoms with E-state index in [2.05, 4.69) is 15.6 Å². The Morgan fingerprint density at radius 2 is 1.86 bits per heavy atom. The highest BCUT2D eigenvalue weighted by Gasteiger charge is 2.15. The number of methoxy groups -OCH3 is 1. The lowest BCUT2D eigenvalue weighted by Gasteiger charge is -2.25. The molecule has 1 fully saturated rings. The topological polar surface area (TPSA) is 75.2 Å². The van der Waals surface area contributed by atoms with E-state index >= 15 is 0 Å². The van der Waals surface area contributed by atoms with Gasteiger partial charge in [0.1, 0.15) is 12.3 Å². The molecule has 7 nitrogen and oxygen atoms in total. The predicted molar refractivity (Wildman–Crippen MR) is 127 cm³/mol. The van der Waals surface area contributed by atoms with E-state index < -0.39 is 0 Å². The Balaban J connectivity index is 0.00000420. The van der Waals surface area contributed by atoms with E-state index in [9.17, 15) is 4.79 Å². The molecule has 0 bridgehead atoms. The van der Waals surface area contributed by atoms with Gasteiger partial charge in [0.05, 0.1) is 20.3 Å². The van der Waals surface area contributed by atoms with Gasteiger partial charge in [0.15, 0.2) is 5.96 Å². The summed E-state index contributed by atoms with van der Waals surface area (Å²) in [5.41, 5.74) is 1.10. The second-order valence-electron chi connectivity index (χ2n) is 7.26. The highest BCUT2D eigenvalue weighted by Crippen LogP contribution is 2.17. The molecular weight excluding hydrogens is 483 g/mol. The number of guanidine groups is 1. The van der Waals surface area contributed by atoms with E-state index in [1.165, 1.54) is 19.3 Å². The van der Waals surface area contributed by atoms with Crippen LogP contribution in [0.25, 0.3) is 0 Å². The number of ether oxygens (including phenoxy) is 2. The maximum Gasteiger partial charge on any atom is 0.243 e. The van der Waals surface area contributed by atoms with Crippen LogP contribution in [-0.2, 0) is 16.1 Å². The van der Waals surface area contributed by atoms with Gasteiger partial charge in [-0.15, -0.1) is 24.0 Å². The highest BCUT2D eigenvalue weighted by atomic mass is 127. The second kappa shape index (κ2) is 14.4. The van der Waals surface area contributed by atoms with Crippen LogP contribution in [0.4, 0.5) is 0 Å². The van der Waals surface area contributed by atoms with Crippen molar-refractivity contribution in [1.82, 2.24) is 15.5 Å². The summed E-state index contributed by atoms with van der Waals surface area (Å²) >= 11 is 0. The van der Waals surface area contributed by atoms with E-state index in [1.807, 2.05) is 24.3 Å². The molecule has 0 unspecified atom stereocenters. The number of hydrogen-bond donors (Lipinski definition) is 2. The minimum absolute atomic E-state index is 0. The number of aliphatic imine (C=N–C) groups is 1. The summed E-state index contributed by atoms with van der Waals surface area (Å²) in [6.45, 7) is 1.87. The molecule has 164 valence electrons. The van der Waals surface area contributed by atoms with Gasteiger partial charge in [-0.2, -0.15) is 0 Å². The van der Waals surface area contributed by atoms with E-state index in [1.54, 1.807) is 26.1 Å². The zero-order valence-electron chi connectivity index (χ0n) is 17.8. The highest BCUT2D eigenvalue weighted by molar-refractivity contribution is 14.0. The number of amides is 1. The third-order valence-corrected chi connectivity index (χ3v) is 4.78. The maximum absolute atomic E-state index is 11.8. The number of rotatable bonds is 9. The molecule has 2 N–H and O–H groups in total. The molecule has 0 aromatic heterocycles. The smallest absolute Gasteiger partial charge is 0.243 e. The minimum atomic E-state index is -0.0134. The number of likely N-dealkylation sites (N-methyl/N-ethyl adjacent to an activating group) is 1. The monoisotopic (exact) mass is 518 g/mol. The first kappa shape index (κ1) is 25.5. The summed E-state index contributed by atoms with van der Waals surface area (Å²) in [7, 11) is 5.14. The fourth-order valence-electron chi connectivity index (χ4n) is 3.03. The summed E-state index contributed by atoms with van der Waals surface area (Å²) in [6.07, 6.45) is 6.09. The van der Waals surface area contributed by atoms with Gasteiger partial charge in [-0.25, -0.2) is 4.99 Å². The average molecular weight is 518 g/mol. The van der Waals surface area contributed by atoms with Crippen molar-refractivity contribution < 1.29 is 14.3 Å². The third-order valence-electron chi connectivity index (χ3n) is 4.78. The van der Waals surface area contributed by atoms with Crippen LogP contribution in [0.3, 0.4) is 0 Å². The molecule has 0 spiro atoms. The van der Waals surface area contributed by atoms with Crippen molar-refractivity contribution >= 4 is 35.8 Å². The summed E-state index contributed by atoms with van der Waals surface area (Å²) < 4.78 is 10.9. The maximum atomic E-state index is 11.8. The summed E-state index contributed by atoms with van der Waals surface area (Å²) in [6, 6.07) is 8.28. The van der Waals surface area contributed by atoms with Crippen molar-refractivity contribution in [2.75, 3.05) is 40.9 Å². The first-order chi connectivity index (χ1) is 13.6. The normalized spacial score (nSPS) is 14.7. The number of nitrogens with one attached hydrogen (secondary N) is 2. The Hall–Kier alpha value is -1.55. The van der Waals surface area contributed by atoms with Crippen molar-refractivity contribution in [3.63, 3.8) is 0 Å². The summed E-state index contributed by atoms with van der Waals surface area (Å²) in [4.78, 5) is 17.9. The largest absolute Gasteiger partial charge is 0.497 e. The average Bonchev–Trinajstić information content (AvgIpc) is 2.72. The van der Waals surface area contributed by atoms with E-state index in [0.717, 1.165) is 24.2 Å². The van der Waals surface area contributed by atoms with Gasteiger partial charge in [0, 0.05) is 26.7 Å². The molecule has 1 saturated carbocycles. The zero-order valence-corrected chi connectivity index (χ0v) is 20.1. The lowest BCUT2D eigenvalue weighted by Crippen LogP contribution is -2.45. The Morgan fingerprint density at radius 3 is 2.48 bits per heavy atom. The van der Waals surface area contributed by atoms with Crippen molar-refractivity contribution in [2.45, 2.75) is 44.8 Å². The van der Waals surface area contributed by atoms with Crippen LogP contribution in [0.1, 0.15) is 37.7 Å². The number of nitrogens with zero attached hydrogens (tertiary/aromatic N) is 2. The van der Waals surface area contributed by atoms with Gasteiger partial charge >= 0.3 is 0 Å². The number of benzene rings is 1. The molecule has 0 radical (unpaired) electrons. The first-order valence-electron chi connectivity index (χ1n) is 10.0. The molecule has 8 heteroatoms. The molecule has 0 heterocycles. The zero-order chi connectivity index (χ0) is 20.2. The van der Waals surface area contributed by atoms with Gasteiger partial charge in [-0.1, -0.05) is 31.4 Å². The van der Waals surface area contributed by atoms with Crippen molar-refractivity contribution in [2.24, 2.45) is 4.99 Å². The van der Waals surface area contributed by atoms with E-state index in [0.29, 0.717) is 31.8 Å². The second-order valence-corrected chi connectivity index (χ2v) is 7.26. The molecule has 0 aliphatic heterocycles. The first-order valence-corrected chi connectivity index (χ1v) is 10.0. The number of carbonyl (C=O) groups excluding carboxylic acids is 1. The molecule has 1 amide bonds. The molecular formula is C21H35IN4O3. The Bertz CT molecular complexity index is 617. The molecule has 29 heavy (non-hydrogen) atoms. The Kier molecular flexibility index (Phi) is 12.7. The predicted octanol–water partition coefficient (Wildman–Crippen LogP) is 2.79. The third kappa shape index (κ3) is 10.2. The van der Waals surface area contributed by atoms with Crippen LogP contribution < -0.4 is 15.4 Å².